The third kappa shape index (κ3) is 3.83. The molecule has 5 aromatic rings. The van der Waals surface area contributed by atoms with E-state index >= 15 is 0 Å². The van der Waals surface area contributed by atoms with Gasteiger partial charge in [0.15, 0.2) is 0 Å². The quantitative estimate of drug-likeness (QED) is 0.265. The first-order valence-corrected chi connectivity index (χ1v) is 11.4. The van der Waals surface area contributed by atoms with Crippen molar-refractivity contribution in [3.63, 3.8) is 0 Å². The van der Waals surface area contributed by atoms with E-state index in [1.54, 1.807) is 0 Å². The smallest absolute Gasteiger partial charge is 0.0541 e. The van der Waals surface area contributed by atoms with Gasteiger partial charge in [-0.25, -0.2) is 0 Å². The summed E-state index contributed by atoms with van der Waals surface area (Å²) in [6.45, 7) is 8.27. The maximum Gasteiger partial charge on any atom is 0.0541 e. The Balaban J connectivity index is 1.51. The highest BCUT2D eigenvalue weighted by Crippen LogP contribution is 2.32. The molecule has 0 amide bonds. The van der Waals surface area contributed by atoms with Crippen LogP contribution < -0.4 is 0 Å². The van der Waals surface area contributed by atoms with E-state index in [9.17, 15) is 0 Å². The highest BCUT2D eigenvalue weighted by Gasteiger charge is 2.14. The van der Waals surface area contributed by atoms with Crippen molar-refractivity contribution < 1.29 is 0 Å². The van der Waals surface area contributed by atoms with Crippen LogP contribution in [-0.4, -0.2) is 4.57 Å². The summed E-state index contributed by atoms with van der Waals surface area (Å²) >= 11 is 0. The molecule has 0 spiro atoms. The van der Waals surface area contributed by atoms with Crippen molar-refractivity contribution in [1.29, 1.82) is 0 Å². The maximum atomic E-state index is 4.10. The molecule has 160 valence electrons. The summed E-state index contributed by atoms with van der Waals surface area (Å²) in [6.07, 6.45) is 6.20. The van der Waals surface area contributed by atoms with E-state index < -0.39 is 0 Å². The molecule has 0 N–H and O–H groups in total. The first kappa shape index (κ1) is 20.8. The van der Waals surface area contributed by atoms with E-state index in [0.29, 0.717) is 0 Å². The van der Waals surface area contributed by atoms with Gasteiger partial charge in [0.25, 0.3) is 0 Å². The molecule has 4 aromatic carbocycles. The lowest BCUT2D eigenvalue weighted by molar-refractivity contribution is 1.11. The Kier molecular flexibility index (Phi) is 5.54. The fraction of sp³-hybridized carbons (Fsp3) is 0.0625. The number of fused-ring (bicyclic) bond motifs is 1. The molecule has 1 heterocycles. The Morgan fingerprint density at radius 1 is 0.667 bits per heavy atom. The first-order valence-electron chi connectivity index (χ1n) is 11.4. The number of rotatable bonds is 5. The average molecular weight is 426 g/mol. The zero-order valence-corrected chi connectivity index (χ0v) is 19.1. The van der Waals surface area contributed by atoms with Gasteiger partial charge in [0.2, 0.25) is 0 Å². The van der Waals surface area contributed by atoms with E-state index in [-0.39, 0.29) is 0 Å². The molecule has 0 saturated carbocycles. The second-order valence-electron chi connectivity index (χ2n) is 8.35. The van der Waals surface area contributed by atoms with E-state index in [1.807, 2.05) is 6.08 Å². The lowest BCUT2D eigenvalue weighted by Gasteiger charge is -2.11. The summed E-state index contributed by atoms with van der Waals surface area (Å²) in [5.41, 5.74) is 10.8. The third-order valence-electron chi connectivity index (χ3n) is 6.21. The summed E-state index contributed by atoms with van der Waals surface area (Å²) < 4.78 is 2.29. The molecule has 0 atom stereocenters. The van der Waals surface area contributed by atoms with Crippen LogP contribution in [0.3, 0.4) is 0 Å². The zero-order valence-electron chi connectivity index (χ0n) is 19.1. The molecule has 0 fully saturated rings. The zero-order chi connectivity index (χ0) is 22.8. The van der Waals surface area contributed by atoms with Crippen LogP contribution in [0, 0.1) is 6.92 Å². The Labute approximate surface area is 196 Å². The second kappa shape index (κ2) is 8.80. The molecule has 1 nitrogen and oxygen atoms in total. The number of benzene rings is 4. The van der Waals surface area contributed by atoms with E-state index in [1.165, 1.54) is 44.3 Å². The summed E-state index contributed by atoms with van der Waals surface area (Å²) in [5, 5.41) is 1.24. The van der Waals surface area contributed by atoms with Crippen molar-refractivity contribution in [2.45, 2.75) is 13.8 Å². The number of hydrogen-bond donors (Lipinski definition) is 0. The molecular weight excluding hydrogens is 398 g/mol. The van der Waals surface area contributed by atoms with Crippen LogP contribution >= 0.6 is 0 Å². The highest BCUT2D eigenvalue weighted by molar-refractivity contribution is 5.95. The number of aryl methyl sites for hydroxylation is 1. The minimum absolute atomic E-state index is 1.12. The Morgan fingerprint density at radius 3 is 1.73 bits per heavy atom. The van der Waals surface area contributed by atoms with Crippen LogP contribution in [0.4, 0.5) is 0 Å². The second-order valence-corrected chi connectivity index (χ2v) is 8.35. The van der Waals surface area contributed by atoms with E-state index in [2.05, 4.69) is 134 Å². The van der Waals surface area contributed by atoms with Gasteiger partial charge in [-0.15, -0.1) is 0 Å². The molecule has 5 rings (SSSR count). The number of aromatic nitrogens is 1. The largest absolute Gasteiger partial charge is 0.309 e. The monoisotopic (exact) mass is 425 g/mol. The molecule has 0 radical (unpaired) electrons. The molecule has 1 heteroatoms. The van der Waals surface area contributed by atoms with Crippen molar-refractivity contribution >= 4 is 23.1 Å². The van der Waals surface area contributed by atoms with Gasteiger partial charge in [-0.3, -0.25) is 0 Å². The predicted octanol–water partition coefficient (Wildman–Crippen LogP) is 8.95. The van der Waals surface area contributed by atoms with Crippen LogP contribution in [0.15, 0.2) is 110 Å². The van der Waals surface area contributed by atoms with Gasteiger partial charge in [-0.05, 0) is 60.4 Å². The van der Waals surface area contributed by atoms with Gasteiger partial charge in [0.05, 0.1) is 11.2 Å². The number of nitrogens with zero attached hydrogens (tertiary/aromatic N) is 1. The van der Waals surface area contributed by atoms with Crippen molar-refractivity contribution in [3.05, 3.63) is 127 Å². The fourth-order valence-corrected chi connectivity index (χ4v) is 4.51. The first-order chi connectivity index (χ1) is 16.2. The van der Waals surface area contributed by atoms with Gasteiger partial charge in [0, 0.05) is 16.6 Å². The van der Waals surface area contributed by atoms with Gasteiger partial charge in [-0.2, -0.15) is 0 Å². The van der Waals surface area contributed by atoms with Gasteiger partial charge in [-0.1, -0.05) is 103 Å². The lowest BCUT2D eigenvalue weighted by atomic mass is 9.99. The van der Waals surface area contributed by atoms with Gasteiger partial charge in [0.1, 0.15) is 0 Å². The van der Waals surface area contributed by atoms with Crippen LogP contribution in [0.2, 0.25) is 0 Å². The third-order valence-corrected chi connectivity index (χ3v) is 6.21. The summed E-state index contributed by atoms with van der Waals surface area (Å²) in [7, 11) is 0. The molecular formula is C32H27N. The minimum atomic E-state index is 1.12. The molecule has 0 saturated heterocycles. The highest BCUT2D eigenvalue weighted by atomic mass is 15.0. The lowest BCUT2D eigenvalue weighted by Crippen LogP contribution is -1.96. The molecule has 0 bridgehead atoms. The summed E-state index contributed by atoms with van der Waals surface area (Å²) in [5.74, 6) is 0. The summed E-state index contributed by atoms with van der Waals surface area (Å²) in [4.78, 5) is 0. The number of para-hydroxylation sites is 1. The van der Waals surface area contributed by atoms with Crippen LogP contribution in [-0.2, 0) is 0 Å². The number of allylic oxidation sites excluding steroid dienone is 1. The Hall–Kier alpha value is -4.10. The van der Waals surface area contributed by atoms with Crippen LogP contribution in [0.1, 0.15) is 23.7 Å². The van der Waals surface area contributed by atoms with Crippen LogP contribution in [0.5, 0.6) is 0 Å². The standard InChI is InChI=1S/C32H27N/c1-4-8-29-30-9-6-7-10-32(30)33(31(29)5-2)28-21-19-27(20-22-28)26-17-15-25(16-18-26)24-13-11-23(3)12-14-24/h4-22H,2H2,1,3H3/b8-4-. The van der Waals surface area contributed by atoms with Gasteiger partial charge < -0.3 is 4.57 Å². The normalized spacial score (nSPS) is 11.3. The van der Waals surface area contributed by atoms with Crippen molar-refractivity contribution in [2.75, 3.05) is 0 Å². The SMILES string of the molecule is C=Cc1c(/C=C\C)c2ccccc2n1-c1ccc(-c2ccc(-c3ccc(C)cc3)cc2)cc1. The fourth-order valence-electron chi connectivity index (χ4n) is 4.51. The van der Waals surface area contributed by atoms with Crippen molar-refractivity contribution in [3.8, 4) is 27.9 Å². The molecule has 33 heavy (non-hydrogen) atoms. The predicted molar refractivity (Wildman–Crippen MR) is 144 cm³/mol. The molecule has 0 aliphatic heterocycles. The summed E-state index contributed by atoms with van der Waals surface area (Å²) in [6, 6.07) is 34.8. The van der Waals surface area contributed by atoms with E-state index in [0.717, 1.165) is 11.4 Å². The topological polar surface area (TPSA) is 4.93 Å². The Morgan fingerprint density at radius 2 is 1.18 bits per heavy atom. The van der Waals surface area contributed by atoms with Crippen molar-refractivity contribution in [2.24, 2.45) is 0 Å². The molecule has 0 aliphatic rings. The van der Waals surface area contributed by atoms with E-state index in [4.69, 9.17) is 0 Å². The minimum Gasteiger partial charge on any atom is -0.309 e. The molecule has 0 aliphatic carbocycles. The van der Waals surface area contributed by atoms with Crippen molar-refractivity contribution in [1.82, 2.24) is 4.57 Å². The average Bonchev–Trinajstić information content (AvgIpc) is 3.18. The maximum absolute atomic E-state index is 4.10. The Bertz CT molecular complexity index is 1440. The number of hydrogen-bond acceptors (Lipinski definition) is 0. The molecule has 1 aromatic heterocycles. The molecule has 0 unspecified atom stereocenters. The van der Waals surface area contributed by atoms with Crippen LogP contribution in [0.25, 0.3) is 51.0 Å². The van der Waals surface area contributed by atoms with Gasteiger partial charge >= 0.3 is 0 Å².